The predicted octanol–water partition coefficient (Wildman–Crippen LogP) is 5.74. The molecule has 2 aromatic carbocycles. The normalized spacial score (nSPS) is 15.7. The zero-order valence-electron chi connectivity index (χ0n) is 20.5. The van der Waals surface area contributed by atoms with Gasteiger partial charge >= 0.3 is 0 Å². The van der Waals surface area contributed by atoms with Gasteiger partial charge in [0.2, 0.25) is 5.91 Å². The minimum Gasteiger partial charge on any atom is -0.367 e. The number of hydrogen-bond donors (Lipinski definition) is 0. The van der Waals surface area contributed by atoms with Gasteiger partial charge in [0.15, 0.2) is 0 Å². The maximum atomic E-state index is 13.3. The molecule has 0 fully saturated rings. The number of anilines is 1. The van der Waals surface area contributed by atoms with Crippen molar-refractivity contribution in [3.63, 3.8) is 0 Å². The Kier molecular flexibility index (Phi) is 8.78. The molecule has 1 aliphatic rings. The number of aromatic nitrogens is 2. The van der Waals surface area contributed by atoms with Crippen LogP contribution in [0.15, 0.2) is 67.0 Å². The van der Waals surface area contributed by atoms with E-state index < -0.39 is 0 Å². The maximum absolute atomic E-state index is 13.3. The van der Waals surface area contributed by atoms with Gasteiger partial charge < -0.3 is 9.80 Å². The number of benzene rings is 2. The molecule has 3 aromatic rings. The number of para-hydroxylation sites is 1. The van der Waals surface area contributed by atoms with Crippen molar-refractivity contribution in [2.45, 2.75) is 64.5 Å². The molecule has 0 saturated heterocycles. The highest BCUT2D eigenvalue weighted by atomic mass is 16.2. The van der Waals surface area contributed by atoms with Crippen molar-refractivity contribution in [2.24, 2.45) is 7.05 Å². The lowest BCUT2D eigenvalue weighted by Crippen LogP contribution is -2.33. The van der Waals surface area contributed by atoms with Gasteiger partial charge in [0.05, 0.1) is 6.20 Å². The predicted molar refractivity (Wildman–Crippen MR) is 139 cm³/mol. The van der Waals surface area contributed by atoms with E-state index >= 15 is 0 Å². The Morgan fingerprint density at radius 1 is 0.853 bits per heavy atom. The smallest absolute Gasteiger partial charge is 0.223 e. The molecule has 0 unspecified atom stereocenters. The summed E-state index contributed by atoms with van der Waals surface area (Å²) in [6, 6.07) is 19.4. The van der Waals surface area contributed by atoms with Gasteiger partial charge in [-0.2, -0.15) is 5.10 Å². The zero-order valence-corrected chi connectivity index (χ0v) is 20.5. The lowest BCUT2D eigenvalue weighted by Gasteiger charge is -2.30. The Morgan fingerprint density at radius 3 is 2.32 bits per heavy atom. The van der Waals surface area contributed by atoms with Crippen LogP contribution in [0.5, 0.6) is 0 Å². The average molecular weight is 459 g/mol. The lowest BCUT2D eigenvalue weighted by molar-refractivity contribution is -0.131. The van der Waals surface area contributed by atoms with E-state index in [9.17, 15) is 4.79 Å². The molecule has 1 aromatic heterocycles. The van der Waals surface area contributed by atoms with Gasteiger partial charge in [-0.05, 0) is 42.0 Å². The first-order valence-electron chi connectivity index (χ1n) is 12.8. The number of carbonyl (C=O) groups excluding carboxylic acids is 1. The third-order valence-corrected chi connectivity index (χ3v) is 6.75. The van der Waals surface area contributed by atoms with Crippen molar-refractivity contribution in [1.82, 2.24) is 14.7 Å². The Morgan fingerprint density at radius 2 is 1.56 bits per heavy atom. The number of fused-ring (bicyclic) bond motifs is 1. The van der Waals surface area contributed by atoms with Crippen LogP contribution < -0.4 is 4.90 Å². The topological polar surface area (TPSA) is 41.4 Å². The molecule has 1 amide bonds. The number of hydrogen-bond acceptors (Lipinski definition) is 3. The summed E-state index contributed by atoms with van der Waals surface area (Å²) in [7, 11) is 1.92. The molecule has 1 aliphatic heterocycles. The molecule has 0 atom stereocenters. The Hall–Kier alpha value is -3.08. The molecule has 0 radical (unpaired) electrons. The van der Waals surface area contributed by atoms with Crippen LogP contribution in [-0.4, -0.2) is 33.7 Å². The molecule has 4 rings (SSSR count). The Labute approximate surface area is 204 Å². The lowest BCUT2D eigenvalue weighted by atomic mass is 10.1. The van der Waals surface area contributed by atoms with Crippen LogP contribution in [0.1, 0.15) is 61.6 Å². The highest BCUT2D eigenvalue weighted by Crippen LogP contribution is 2.26. The van der Waals surface area contributed by atoms with Gasteiger partial charge in [-0.1, -0.05) is 74.2 Å². The van der Waals surface area contributed by atoms with Crippen LogP contribution in [0.3, 0.4) is 0 Å². The molecule has 0 saturated carbocycles. The first kappa shape index (κ1) is 24.1. The van der Waals surface area contributed by atoms with Crippen molar-refractivity contribution in [2.75, 3.05) is 18.0 Å². The molecular weight excluding hydrogens is 420 g/mol. The third-order valence-electron chi connectivity index (χ3n) is 6.75. The summed E-state index contributed by atoms with van der Waals surface area (Å²) in [5.74, 6) is 0.239. The van der Waals surface area contributed by atoms with Crippen LogP contribution >= 0.6 is 0 Å². The van der Waals surface area contributed by atoms with Crippen molar-refractivity contribution >= 4 is 11.6 Å². The summed E-state index contributed by atoms with van der Waals surface area (Å²) >= 11 is 0. The summed E-state index contributed by atoms with van der Waals surface area (Å²) in [6.45, 7) is 3.44. The fourth-order valence-corrected chi connectivity index (χ4v) is 4.86. The van der Waals surface area contributed by atoms with Crippen molar-refractivity contribution < 1.29 is 4.79 Å². The van der Waals surface area contributed by atoms with Crippen LogP contribution in [-0.2, 0) is 31.4 Å². The minimum atomic E-state index is 0.239. The summed E-state index contributed by atoms with van der Waals surface area (Å²) < 4.78 is 1.80. The van der Waals surface area contributed by atoms with Crippen LogP contribution in [0.2, 0.25) is 0 Å². The Bertz CT molecular complexity index is 1030. The van der Waals surface area contributed by atoms with E-state index in [1.165, 1.54) is 48.9 Å². The molecule has 0 N–H and O–H groups in total. The first-order chi connectivity index (χ1) is 16.7. The molecular formula is C29H38N4O. The van der Waals surface area contributed by atoms with Gasteiger partial charge in [0.1, 0.15) is 0 Å². The molecule has 34 heavy (non-hydrogen) atoms. The quantitative estimate of drug-likeness (QED) is 0.489. The van der Waals surface area contributed by atoms with E-state index in [1.807, 2.05) is 19.4 Å². The fraction of sp³-hybridized carbons (Fsp3) is 0.448. The summed E-state index contributed by atoms with van der Waals surface area (Å²) in [5, 5.41) is 4.24. The van der Waals surface area contributed by atoms with Crippen molar-refractivity contribution in [3.05, 3.63) is 83.7 Å². The van der Waals surface area contributed by atoms with Gasteiger partial charge in [0.25, 0.3) is 0 Å². The number of rotatable bonds is 5. The molecule has 0 aliphatic carbocycles. The van der Waals surface area contributed by atoms with Crippen molar-refractivity contribution in [1.29, 1.82) is 0 Å². The summed E-state index contributed by atoms with van der Waals surface area (Å²) in [6.07, 6.45) is 12.4. The summed E-state index contributed by atoms with van der Waals surface area (Å²) in [5.41, 5.74) is 4.95. The minimum absolute atomic E-state index is 0.239. The largest absolute Gasteiger partial charge is 0.367 e. The monoisotopic (exact) mass is 458 g/mol. The van der Waals surface area contributed by atoms with Crippen LogP contribution in [0.25, 0.3) is 0 Å². The summed E-state index contributed by atoms with van der Waals surface area (Å²) in [4.78, 5) is 17.9. The second-order valence-electron chi connectivity index (χ2n) is 9.49. The molecule has 5 nitrogen and oxygen atoms in total. The zero-order chi connectivity index (χ0) is 23.6. The van der Waals surface area contributed by atoms with Crippen LogP contribution in [0, 0.1) is 0 Å². The first-order valence-corrected chi connectivity index (χ1v) is 12.8. The number of nitrogens with zero attached hydrogens (tertiary/aromatic N) is 4. The standard InChI is InChI=1S/C29H38N4O/c1-31-22-26(21-30-31)17-18-29(34)33-20-12-5-3-2-4-11-19-32(23-25-13-7-6-8-14-25)28-16-10-9-15-27(28)24-33/h6-10,13-16,21-22H,2-5,11-12,17-20,23-24H2,1H3. The molecule has 5 heteroatoms. The van der Waals surface area contributed by atoms with E-state index in [1.54, 1.807) is 4.68 Å². The number of aryl methyl sites for hydroxylation is 2. The number of carbonyl (C=O) groups is 1. The van der Waals surface area contributed by atoms with Gasteiger partial charge in [0, 0.05) is 51.5 Å². The maximum Gasteiger partial charge on any atom is 0.223 e. The Balaban J connectivity index is 1.54. The van der Waals surface area contributed by atoms with Crippen molar-refractivity contribution in [3.8, 4) is 0 Å². The highest BCUT2D eigenvalue weighted by Gasteiger charge is 2.19. The van der Waals surface area contributed by atoms with E-state index in [4.69, 9.17) is 0 Å². The third kappa shape index (κ3) is 6.96. The van der Waals surface area contributed by atoms with E-state index in [0.717, 1.165) is 38.0 Å². The van der Waals surface area contributed by atoms with Gasteiger partial charge in [-0.3, -0.25) is 9.48 Å². The number of amides is 1. The molecule has 2 heterocycles. The van der Waals surface area contributed by atoms with Gasteiger partial charge in [-0.25, -0.2) is 0 Å². The van der Waals surface area contributed by atoms with E-state index in [2.05, 4.69) is 69.5 Å². The molecule has 0 bridgehead atoms. The molecule has 180 valence electrons. The van der Waals surface area contributed by atoms with Crippen LogP contribution in [0.4, 0.5) is 5.69 Å². The average Bonchev–Trinajstić information content (AvgIpc) is 3.28. The van der Waals surface area contributed by atoms with E-state index in [-0.39, 0.29) is 5.91 Å². The highest BCUT2D eigenvalue weighted by molar-refractivity contribution is 5.76. The second kappa shape index (κ2) is 12.4. The molecule has 0 spiro atoms. The SMILES string of the molecule is Cn1cc(CCC(=O)N2CCCCCCCCN(Cc3ccccc3)c3ccccc3C2)cn1. The van der Waals surface area contributed by atoms with E-state index in [0.29, 0.717) is 13.0 Å². The fourth-order valence-electron chi connectivity index (χ4n) is 4.86. The second-order valence-corrected chi connectivity index (χ2v) is 9.49. The van der Waals surface area contributed by atoms with Gasteiger partial charge in [-0.15, -0.1) is 0 Å².